The van der Waals surface area contributed by atoms with Crippen LogP contribution in [0.1, 0.15) is 12.0 Å². The highest BCUT2D eigenvalue weighted by molar-refractivity contribution is 9.10. The minimum absolute atomic E-state index is 0.203. The lowest BCUT2D eigenvalue weighted by Crippen LogP contribution is -1.95. The van der Waals surface area contributed by atoms with Crippen LogP contribution in [0.3, 0.4) is 0 Å². The van der Waals surface area contributed by atoms with E-state index in [1.807, 2.05) is 0 Å². The molecule has 5 heteroatoms. The highest BCUT2D eigenvalue weighted by Gasteiger charge is 2.16. The Kier molecular flexibility index (Phi) is 4.08. The molecule has 15 heavy (non-hydrogen) atoms. The Hall–Kier alpha value is -1.10. The molecule has 0 saturated carbocycles. The Bertz CT molecular complexity index is 379. The zero-order chi connectivity index (χ0) is 11.4. The van der Waals surface area contributed by atoms with Crippen molar-refractivity contribution in [3.8, 4) is 11.5 Å². The quantitative estimate of drug-likeness (QED) is 0.860. The summed E-state index contributed by atoms with van der Waals surface area (Å²) in [7, 11) is 1.27. The largest absolute Gasteiger partial charge is 0.504 e. The van der Waals surface area contributed by atoms with Gasteiger partial charge in [-0.2, -0.15) is 0 Å². The molecular formula is C10H10BrFO3. The normalized spacial score (nSPS) is 10.1. The molecule has 0 aliphatic heterocycles. The van der Waals surface area contributed by atoms with E-state index in [-0.39, 0.29) is 22.4 Å². The molecule has 0 aliphatic carbocycles. The lowest BCUT2D eigenvalue weighted by molar-refractivity contribution is -0.107. The molecule has 0 atom stereocenters. The summed E-state index contributed by atoms with van der Waals surface area (Å²) < 4.78 is 18.3. The van der Waals surface area contributed by atoms with E-state index in [4.69, 9.17) is 4.74 Å². The maximum Gasteiger partial charge on any atom is 0.198 e. The molecule has 0 fully saturated rings. The van der Waals surface area contributed by atoms with Crippen molar-refractivity contribution >= 4 is 22.2 Å². The fourth-order valence-electron chi connectivity index (χ4n) is 1.23. The molecule has 1 rings (SSSR count). The summed E-state index contributed by atoms with van der Waals surface area (Å²) in [5.74, 6) is -1.10. The van der Waals surface area contributed by atoms with Gasteiger partial charge in [-0.1, -0.05) is 0 Å². The maximum atomic E-state index is 13.4. The zero-order valence-electron chi connectivity index (χ0n) is 8.09. The van der Waals surface area contributed by atoms with Crippen molar-refractivity contribution in [2.45, 2.75) is 12.8 Å². The predicted molar refractivity (Wildman–Crippen MR) is 56.7 cm³/mol. The second kappa shape index (κ2) is 5.11. The number of benzene rings is 1. The number of phenolic OH excluding ortho intramolecular Hbond substituents is 1. The minimum Gasteiger partial charge on any atom is -0.504 e. The molecule has 0 radical (unpaired) electrons. The van der Waals surface area contributed by atoms with E-state index in [1.165, 1.54) is 13.2 Å². The number of aromatic hydroxyl groups is 1. The van der Waals surface area contributed by atoms with Crippen LogP contribution in [-0.4, -0.2) is 18.5 Å². The van der Waals surface area contributed by atoms with E-state index in [0.717, 1.165) is 6.29 Å². The van der Waals surface area contributed by atoms with Gasteiger partial charge in [0.25, 0.3) is 0 Å². The van der Waals surface area contributed by atoms with Crippen LogP contribution in [0, 0.1) is 5.82 Å². The molecule has 1 N–H and O–H groups in total. The van der Waals surface area contributed by atoms with Crippen molar-refractivity contribution in [2.75, 3.05) is 7.11 Å². The number of phenols is 1. The van der Waals surface area contributed by atoms with E-state index in [9.17, 15) is 14.3 Å². The van der Waals surface area contributed by atoms with Crippen molar-refractivity contribution in [2.24, 2.45) is 0 Å². The van der Waals surface area contributed by atoms with Crippen LogP contribution in [0.5, 0.6) is 11.5 Å². The summed E-state index contributed by atoms with van der Waals surface area (Å²) in [6, 6.07) is 1.44. The van der Waals surface area contributed by atoms with Gasteiger partial charge in [0.2, 0.25) is 0 Å². The second-order valence-electron chi connectivity index (χ2n) is 2.92. The molecular weight excluding hydrogens is 267 g/mol. The van der Waals surface area contributed by atoms with Crippen LogP contribution in [0.15, 0.2) is 10.5 Å². The Morgan fingerprint density at radius 2 is 2.33 bits per heavy atom. The van der Waals surface area contributed by atoms with Gasteiger partial charge in [0.15, 0.2) is 17.3 Å². The molecule has 0 amide bonds. The summed E-state index contributed by atoms with van der Waals surface area (Å²) in [6.45, 7) is 0. The molecule has 0 unspecified atom stereocenters. The fraction of sp³-hybridized carbons (Fsp3) is 0.300. The van der Waals surface area contributed by atoms with Crippen LogP contribution in [-0.2, 0) is 11.2 Å². The van der Waals surface area contributed by atoms with Gasteiger partial charge in [0.05, 0.1) is 11.6 Å². The van der Waals surface area contributed by atoms with E-state index < -0.39 is 5.82 Å². The Labute approximate surface area is 95.0 Å². The molecule has 1 aromatic rings. The number of aldehydes is 1. The number of hydrogen-bond donors (Lipinski definition) is 1. The zero-order valence-corrected chi connectivity index (χ0v) is 9.67. The Morgan fingerprint density at radius 3 is 2.87 bits per heavy atom. The number of carbonyl (C=O) groups is 1. The van der Waals surface area contributed by atoms with Crippen molar-refractivity contribution in [1.29, 1.82) is 0 Å². The number of halogens is 2. The smallest absolute Gasteiger partial charge is 0.198 e. The first-order valence-corrected chi connectivity index (χ1v) is 5.08. The van der Waals surface area contributed by atoms with Gasteiger partial charge in [-0.25, -0.2) is 4.39 Å². The molecule has 0 aromatic heterocycles. The average molecular weight is 277 g/mol. The van der Waals surface area contributed by atoms with Gasteiger partial charge in [0.1, 0.15) is 6.29 Å². The maximum absolute atomic E-state index is 13.4. The van der Waals surface area contributed by atoms with Crippen LogP contribution in [0.2, 0.25) is 0 Å². The van der Waals surface area contributed by atoms with Crippen LogP contribution in [0.4, 0.5) is 4.39 Å². The van der Waals surface area contributed by atoms with E-state index >= 15 is 0 Å². The number of aryl methyl sites for hydroxylation is 1. The van der Waals surface area contributed by atoms with Crippen LogP contribution in [0.25, 0.3) is 0 Å². The number of methoxy groups -OCH3 is 1. The molecule has 3 nitrogen and oxygen atoms in total. The molecule has 0 spiro atoms. The molecule has 0 saturated heterocycles. The minimum atomic E-state index is -0.648. The van der Waals surface area contributed by atoms with Crippen molar-refractivity contribution < 1.29 is 19.0 Å². The van der Waals surface area contributed by atoms with Crippen molar-refractivity contribution in [1.82, 2.24) is 0 Å². The lowest BCUT2D eigenvalue weighted by Gasteiger charge is -2.10. The van der Waals surface area contributed by atoms with Gasteiger partial charge in [-0.15, -0.1) is 0 Å². The standard InChI is InChI=1S/C10H10BrFO3/c1-15-10-8(12)7(11)5-6(9(10)14)3-2-4-13/h4-5,14H,2-3H2,1H3. The first-order chi connectivity index (χ1) is 7.11. The Morgan fingerprint density at radius 1 is 1.67 bits per heavy atom. The predicted octanol–water partition coefficient (Wildman–Crippen LogP) is 2.43. The van der Waals surface area contributed by atoms with E-state index in [0.29, 0.717) is 12.0 Å². The number of carbonyl (C=O) groups excluding carboxylic acids is 1. The topological polar surface area (TPSA) is 46.5 Å². The highest BCUT2D eigenvalue weighted by atomic mass is 79.9. The van der Waals surface area contributed by atoms with Gasteiger partial charge >= 0.3 is 0 Å². The first kappa shape index (κ1) is 12.0. The van der Waals surface area contributed by atoms with Gasteiger partial charge in [-0.3, -0.25) is 0 Å². The SMILES string of the molecule is COc1c(O)c(CCC=O)cc(Br)c1F. The molecule has 82 valence electrons. The highest BCUT2D eigenvalue weighted by Crippen LogP contribution is 2.37. The summed E-state index contributed by atoms with van der Waals surface area (Å²) in [6.07, 6.45) is 1.36. The molecule has 0 aliphatic rings. The lowest BCUT2D eigenvalue weighted by atomic mass is 10.1. The van der Waals surface area contributed by atoms with Crippen LogP contribution >= 0.6 is 15.9 Å². The van der Waals surface area contributed by atoms with Gasteiger partial charge < -0.3 is 14.6 Å². The third-order valence-electron chi connectivity index (χ3n) is 1.96. The number of hydrogen-bond acceptors (Lipinski definition) is 3. The molecule has 1 aromatic carbocycles. The van der Waals surface area contributed by atoms with E-state index in [1.54, 1.807) is 0 Å². The fourth-order valence-corrected chi connectivity index (χ4v) is 1.69. The van der Waals surface area contributed by atoms with E-state index in [2.05, 4.69) is 15.9 Å². The summed E-state index contributed by atoms with van der Waals surface area (Å²) in [5.41, 5.74) is 0.479. The average Bonchev–Trinajstić information content (AvgIpc) is 2.22. The second-order valence-corrected chi connectivity index (χ2v) is 3.77. The number of ether oxygens (including phenoxy) is 1. The monoisotopic (exact) mass is 276 g/mol. The third kappa shape index (κ3) is 2.47. The summed E-state index contributed by atoms with van der Waals surface area (Å²) in [4.78, 5) is 10.2. The summed E-state index contributed by atoms with van der Waals surface area (Å²) in [5, 5.41) is 9.62. The van der Waals surface area contributed by atoms with Gasteiger partial charge in [-0.05, 0) is 34.0 Å². The third-order valence-corrected chi connectivity index (χ3v) is 2.54. The van der Waals surface area contributed by atoms with Crippen LogP contribution < -0.4 is 4.74 Å². The summed E-state index contributed by atoms with van der Waals surface area (Å²) >= 11 is 3.01. The molecule has 0 heterocycles. The molecule has 0 bridgehead atoms. The number of rotatable bonds is 4. The first-order valence-electron chi connectivity index (χ1n) is 4.29. The van der Waals surface area contributed by atoms with Gasteiger partial charge in [0, 0.05) is 6.42 Å². The van der Waals surface area contributed by atoms with Crippen molar-refractivity contribution in [3.05, 3.63) is 21.9 Å². The van der Waals surface area contributed by atoms with Crippen molar-refractivity contribution in [3.63, 3.8) is 0 Å². The Balaban J connectivity index is 3.17.